The molecule has 0 atom stereocenters. The van der Waals surface area contributed by atoms with E-state index in [1.165, 1.54) is 0 Å². The van der Waals surface area contributed by atoms with Gasteiger partial charge in [-0.3, -0.25) is 4.79 Å². The summed E-state index contributed by atoms with van der Waals surface area (Å²) >= 11 is 9.37. The molecule has 1 aromatic heterocycles. The van der Waals surface area contributed by atoms with Gasteiger partial charge in [0.1, 0.15) is 0 Å². The molecule has 0 saturated heterocycles. The van der Waals surface area contributed by atoms with Gasteiger partial charge in [0.25, 0.3) is 0 Å². The van der Waals surface area contributed by atoms with Gasteiger partial charge in [0.2, 0.25) is 11.8 Å². The Morgan fingerprint density at radius 1 is 1.43 bits per heavy atom. The molecule has 112 valence electrons. The Bertz CT molecular complexity index is 670. The van der Waals surface area contributed by atoms with Crippen LogP contribution in [-0.2, 0) is 11.2 Å². The summed E-state index contributed by atoms with van der Waals surface area (Å²) in [6, 6.07) is 5.28. The molecule has 0 unspecified atom stereocenters. The Morgan fingerprint density at radius 3 is 2.81 bits per heavy atom. The van der Waals surface area contributed by atoms with E-state index in [1.54, 1.807) is 18.2 Å². The van der Waals surface area contributed by atoms with E-state index < -0.39 is 11.4 Å². The number of benzene rings is 1. The summed E-state index contributed by atoms with van der Waals surface area (Å²) in [7, 11) is 0. The van der Waals surface area contributed by atoms with E-state index in [9.17, 15) is 4.79 Å². The highest BCUT2D eigenvalue weighted by molar-refractivity contribution is 9.10. The lowest BCUT2D eigenvalue weighted by Gasteiger charge is -2.19. The average molecular weight is 374 g/mol. The third kappa shape index (κ3) is 4.28. The van der Waals surface area contributed by atoms with E-state index in [1.807, 2.05) is 13.8 Å². The van der Waals surface area contributed by atoms with Gasteiger partial charge in [0.15, 0.2) is 0 Å². The van der Waals surface area contributed by atoms with Gasteiger partial charge < -0.3 is 9.52 Å². The fourth-order valence-corrected chi connectivity index (χ4v) is 2.56. The second-order valence-corrected chi connectivity index (χ2v) is 6.83. The highest BCUT2D eigenvalue weighted by atomic mass is 79.9. The fourth-order valence-electron chi connectivity index (χ4n) is 1.98. The summed E-state index contributed by atoms with van der Waals surface area (Å²) in [6.07, 6.45) is 0.427. The average Bonchev–Trinajstić information content (AvgIpc) is 2.78. The number of carboxylic acids is 1. The van der Waals surface area contributed by atoms with Gasteiger partial charge in [-0.15, -0.1) is 10.2 Å². The molecule has 0 fully saturated rings. The van der Waals surface area contributed by atoms with Gasteiger partial charge in [0.05, 0.1) is 12.0 Å². The molecule has 0 aliphatic rings. The van der Waals surface area contributed by atoms with E-state index in [4.69, 9.17) is 21.1 Å². The highest BCUT2D eigenvalue weighted by Gasteiger charge is 2.25. The van der Waals surface area contributed by atoms with Gasteiger partial charge in [0, 0.05) is 15.9 Å². The third-order valence-corrected chi connectivity index (χ3v) is 3.81. The van der Waals surface area contributed by atoms with Crippen LogP contribution in [0.1, 0.15) is 26.2 Å². The molecule has 0 aliphatic carbocycles. The summed E-state index contributed by atoms with van der Waals surface area (Å²) in [5.74, 6) is -0.0917. The smallest absolute Gasteiger partial charge is 0.303 e. The quantitative estimate of drug-likeness (QED) is 0.850. The maximum atomic E-state index is 10.8. The lowest BCUT2D eigenvalue weighted by atomic mass is 9.86. The Hall–Kier alpha value is -1.40. The van der Waals surface area contributed by atoms with Gasteiger partial charge in [-0.2, -0.15) is 0 Å². The van der Waals surface area contributed by atoms with Crippen LogP contribution in [0.4, 0.5) is 0 Å². The van der Waals surface area contributed by atoms with Crippen molar-refractivity contribution in [3.63, 3.8) is 0 Å². The van der Waals surface area contributed by atoms with E-state index in [2.05, 4.69) is 26.1 Å². The molecule has 0 saturated carbocycles. The normalized spacial score (nSPS) is 11.6. The number of carboxylic acid groups (broad SMARTS) is 1. The van der Waals surface area contributed by atoms with Crippen molar-refractivity contribution in [1.29, 1.82) is 0 Å². The van der Waals surface area contributed by atoms with Crippen molar-refractivity contribution in [1.82, 2.24) is 10.2 Å². The van der Waals surface area contributed by atoms with Crippen LogP contribution >= 0.6 is 27.5 Å². The Kier molecular flexibility index (Phi) is 4.68. The molecular formula is C14H14BrClN2O3. The first kappa shape index (κ1) is 16.0. The van der Waals surface area contributed by atoms with Crippen LogP contribution in [0.25, 0.3) is 11.5 Å². The number of hydrogen-bond donors (Lipinski definition) is 1. The zero-order chi connectivity index (χ0) is 15.6. The fraction of sp³-hybridized carbons (Fsp3) is 0.357. The molecule has 0 amide bonds. The summed E-state index contributed by atoms with van der Waals surface area (Å²) < 4.78 is 6.42. The van der Waals surface area contributed by atoms with Crippen molar-refractivity contribution in [3.8, 4) is 11.5 Å². The number of aromatic nitrogens is 2. The monoisotopic (exact) mass is 372 g/mol. The van der Waals surface area contributed by atoms with Crippen molar-refractivity contribution >= 4 is 33.5 Å². The lowest BCUT2D eigenvalue weighted by Crippen LogP contribution is -2.19. The molecule has 0 aliphatic heterocycles. The molecule has 0 radical (unpaired) electrons. The minimum absolute atomic E-state index is 0.0333. The number of carbonyl (C=O) groups is 1. The number of rotatable bonds is 5. The zero-order valence-electron chi connectivity index (χ0n) is 11.6. The van der Waals surface area contributed by atoms with E-state index >= 15 is 0 Å². The predicted octanol–water partition coefficient (Wildman–Crippen LogP) is 4.20. The number of nitrogens with zero attached hydrogens (tertiary/aromatic N) is 2. The highest BCUT2D eigenvalue weighted by Crippen LogP contribution is 2.31. The minimum atomic E-state index is -0.850. The summed E-state index contributed by atoms with van der Waals surface area (Å²) in [5.41, 5.74) is 0.249. The van der Waals surface area contributed by atoms with Crippen LogP contribution in [0.3, 0.4) is 0 Å². The van der Waals surface area contributed by atoms with E-state index in [0.29, 0.717) is 28.8 Å². The molecule has 5 nitrogen and oxygen atoms in total. The molecular weight excluding hydrogens is 360 g/mol. The van der Waals surface area contributed by atoms with Crippen LogP contribution in [-0.4, -0.2) is 21.3 Å². The number of aliphatic carboxylic acids is 1. The summed E-state index contributed by atoms with van der Waals surface area (Å²) in [5, 5.41) is 17.4. The standard InChI is InChI=1S/C14H14BrClN2O3/c1-14(2,7-12(19)20)6-11-17-18-13(21-11)9-5-8(16)3-4-10(9)15/h3-5H,6-7H2,1-2H3,(H,19,20). The first-order chi connectivity index (χ1) is 9.77. The third-order valence-electron chi connectivity index (χ3n) is 2.89. The van der Waals surface area contributed by atoms with Gasteiger partial charge >= 0.3 is 5.97 Å². The van der Waals surface area contributed by atoms with Crippen LogP contribution < -0.4 is 0 Å². The van der Waals surface area contributed by atoms with Crippen LogP contribution in [0.15, 0.2) is 27.1 Å². The second kappa shape index (κ2) is 6.15. The van der Waals surface area contributed by atoms with Gasteiger partial charge in [-0.25, -0.2) is 0 Å². The van der Waals surface area contributed by atoms with Crippen LogP contribution in [0, 0.1) is 5.41 Å². The molecule has 1 N–H and O–H groups in total. The van der Waals surface area contributed by atoms with Crippen LogP contribution in [0.5, 0.6) is 0 Å². The number of hydrogen-bond acceptors (Lipinski definition) is 4. The second-order valence-electron chi connectivity index (χ2n) is 5.54. The van der Waals surface area contributed by atoms with Crippen molar-refractivity contribution < 1.29 is 14.3 Å². The molecule has 0 bridgehead atoms. The largest absolute Gasteiger partial charge is 0.481 e. The predicted molar refractivity (Wildman–Crippen MR) is 82.2 cm³/mol. The van der Waals surface area contributed by atoms with Crippen molar-refractivity contribution in [2.45, 2.75) is 26.7 Å². The first-order valence-electron chi connectivity index (χ1n) is 6.26. The van der Waals surface area contributed by atoms with Crippen LogP contribution in [0.2, 0.25) is 5.02 Å². The Labute approximate surface area is 135 Å². The maximum absolute atomic E-state index is 10.8. The first-order valence-corrected chi connectivity index (χ1v) is 7.43. The summed E-state index contributed by atoms with van der Waals surface area (Å²) in [6.45, 7) is 3.70. The molecule has 2 rings (SSSR count). The molecule has 1 aromatic carbocycles. The van der Waals surface area contributed by atoms with Crippen molar-refractivity contribution in [2.75, 3.05) is 0 Å². The molecule has 1 heterocycles. The minimum Gasteiger partial charge on any atom is -0.481 e. The van der Waals surface area contributed by atoms with E-state index in [-0.39, 0.29) is 6.42 Å². The zero-order valence-corrected chi connectivity index (χ0v) is 13.9. The van der Waals surface area contributed by atoms with Gasteiger partial charge in [-0.1, -0.05) is 25.4 Å². The Morgan fingerprint density at radius 2 is 2.14 bits per heavy atom. The topological polar surface area (TPSA) is 76.2 Å². The SMILES string of the molecule is CC(C)(CC(=O)O)Cc1nnc(-c2cc(Cl)ccc2Br)o1. The molecule has 0 spiro atoms. The molecule has 21 heavy (non-hydrogen) atoms. The lowest BCUT2D eigenvalue weighted by molar-refractivity contribution is -0.139. The number of halogens is 2. The Balaban J connectivity index is 2.22. The van der Waals surface area contributed by atoms with Crippen molar-refractivity contribution in [3.05, 3.63) is 33.6 Å². The maximum Gasteiger partial charge on any atom is 0.303 e. The summed E-state index contributed by atoms with van der Waals surface area (Å²) in [4.78, 5) is 10.8. The van der Waals surface area contributed by atoms with Gasteiger partial charge in [-0.05, 0) is 39.5 Å². The van der Waals surface area contributed by atoms with Crippen molar-refractivity contribution in [2.24, 2.45) is 5.41 Å². The molecule has 7 heteroatoms. The molecule has 2 aromatic rings. The van der Waals surface area contributed by atoms with E-state index in [0.717, 1.165) is 4.47 Å².